The number of aromatic nitrogens is 1. The van der Waals surface area contributed by atoms with Crippen LogP contribution in [0.5, 0.6) is 0 Å². The van der Waals surface area contributed by atoms with Gasteiger partial charge in [0, 0.05) is 18.2 Å². The third-order valence-electron chi connectivity index (χ3n) is 7.60. The van der Waals surface area contributed by atoms with Gasteiger partial charge < -0.3 is 20.1 Å². The number of rotatable bonds is 13. The molecular weight excluding hydrogens is 585 g/mol. The fourth-order valence-corrected chi connectivity index (χ4v) is 7.62. The van der Waals surface area contributed by atoms with Crippen LogP contribution in [0.15, 0.2) is 10.5 Å². The number of urea groups is 1. The minimum atomic E-state index is -1.64. The zero-order chi connectivity index (χ0) is 31.0. The number of Topliss-reactive ketones (excluding diaryl/α,β-unsaturated/α-hetero) is 2. The molecule has 3 saturated heterocycles. The van der Waals surface area contributed by atoms with E-state index in [4.69, 9.17) is 24.5 Å². The highest BCUT2D eigenvalue weighted by molar-refractivity contribution is 8.02. The van der Waals surface area contributed by atoms with Crippen molar-refractivity contribution in [1.82, 2.24) is 19.8 Å². The van der Waals surface area contributed by atoms with Gasteiger partial charge in [0.2, 0.25) is 10.8 Å². The summed E-state index contributed by atoms with van der Waals surface area (Å²) in [5.41, 5.74) is 4.46. The van der Waals surface area contributed by atoms with E-state index in [-0.39, 0.29) is 47.7 Å². The Morgan fingerprint density at radius 2 is 2.00 bits per heavy atom. The third kappa shape index (κ3) is 5.73. The summed E-state index contributed by atoms with van der Waals surface area (Å²) in [5.74, 6) is 2.92. The molecule has 4 atom stereocenters. The number of anilines is 1. The first kappa shape index (κ1) is 31.8. The molecule has 226 valence electrons. The molecule has 4 heterocycles. The number of carbonyl (C=O) groups excluding carboxylic acids is 5. The number of hydrogen-bond acceptors (Lipinski definition) is 13. The summed E-state index contributed by atoms with van der Waals surface area (Å²) in [5, 5.41) is 6.13. The SMILES string of the molecule is [B]OC(=O)[C@@]1(N2C(=O)N(N)C[C@H]2C)CN2C(=O)[C@@H](CC(=O)/C(=N\OC(C)(C)C(=O)CCCCC)c3csc(N)n3)[C@H]2S1. The summed E-state index contributed by atoms with van der Waals surface area (Å²) in [7, 11) is 5.25. The smallest absolute Gasteiger partial charge is 0.378 e. The number of unbranched alkanes of at least 4 members (excludes halogenated alkanes) is 2. The van der Waals surface area contributed by atoms with E-state index in [0.29, 0.717) is 12.8 Å². The highest BCUT2D eigenvalue weighted by atomic mass is 32.2. The van der Waals surface area contributed by atoms with Crippen LogP contribution in [0.2, 0.25) is 0 Å². The van der Waals surface area contributed by atoms with Crippen LogP contribution in [0.3, 0.4) is 0 Å². The van der Waals surface area contributed by atoms with Gasteiger partial charge in [-0.05, 0) is 27.2 Å². The van der Waals surface area contributed by atoms with Crippen molar-refractivity contribution in [2.45, 2.75) is 81.7 Å². The van der Waals surface area contributed by atoms with E-state index in [0.717, 1.165) is 40.9 Å². The molecule has 0 spiro atoms. The van der Waals surface area contributed by atoms with Gasteiger partial charge in [-0.1, -0.05) is 36.7 Å². The van der Waals surface area contributed by atoms with Gasteiger partial charge in [0.1, 0.15) is 5.69 Å². The Bertz CT molecular complexity index is 1310. The molecule has 4 N–H and O–H groups in total. The van der Waals surface area contributed by atoms with E-state index in [2.05, 4.69) is 14.8 Å². The summed E-state index contributed by atoms with van der Waals surface area (Å²) in [6.07, 6.45) is 2.59. The molecule has 0 bridgehead atoms. The highest BCUT2D eigenvalue weighted by Gasteiger charge is 2.67. The summed E-state index contributed by atoms with van der Waals surface area (Å²) in [6.45, 7) is 6.88. The molecule has 42 heavy (non-hydrogen) atoms. The molecule has 0 aliphatic carbocycles. The molecule has 0 unspecified atom stereocenters. The zero-order valence-corrected chi connectivity index (χ0v) is 25.5. The van der Waals surface area contributed by atoms with Gasteiger partial charge in [-0.15, -0.1) is 11.3 Å². The maximum atomic E-state index is 13.6. The van der Waals surface area contributed by atoms with Gasteiger partial charge in [0.05, 0.1) is 30.4 Å². The number of hydrogen-bond donors (Lipinski definition) is 2. The molecule has 14 nitrogen and oxygen atoms in total. The topological polar surface area (TPSA) is 191 Å². The predicted molar refractivity (Wildman–Crippen MR) is 156 cm³/mol. The molecule has 17 heteroatoms. The Balaban J connectivity index is 1.55. The monoisotopic (exact) mass is 619 g/mol. The number of carbonyl (C=O) groups is 5. The number of amides is 3. The van der Waals surface area contributed by atoms with E-state index < -0.39 is 45.6 Å². The number of β-lactam (4-membered cyclic amide) rings is 1. The number of thiazole rings is 1. The molecule has 3 aliphatic heterocycles. The van der Waals surface area contributed by atoms with Crippen LogP contribution < -0.4 is 11.6 Å². The number of nitrogen functional groups attached to an aromatic ring is 1. The molecule has 3 fully saturated rings. The molecule has 4 rings (SSSR count). The van der Waals surface area contributed by atoms with E-state index in [1.54, 1.807) is 20.8 Å². The van der Waals surface area contributed by atoms with Crippen molar-refractivity contribution in [2.75, 3.05) is 18.8 Å². The van der Waals surface area contributed by atoms with Gasteiger partial charge in [-0.3, -0.25) is 29.1 Å². The van der Waals surface area contributed by atoms with Gasteiger partial charge in [0.25, 0.3) is 0 Å². The molecule has 3 amide bonds. The van der Waals surface area contributed by atoms with Crippen molar-refractivity contribution in [1.29, 1.82) is 0 Å². The van der Waals surface area contributed by atoms with Crippen LogP contribution in [-0.4, -0.2) is 98.0 Å². The second kappa shape index (κ2) is 12.2. The summed E-state index contributed by atoms with van der Waals surface area (Å²) in [4.78, 5) is 76.2. The van der Waals surface area contributed by atoms with Crippen molar-refractivity contribution in [3.05, 3.63) is 11.1 Å². The zero-order valence-electron chi connectivity index (χ0n) is 23.9. The molecular formula is C25H34BN7O7S2. The molecule has 3 aliphatic rings. The largest absolute Gasteiger partial charge is 0.541 e. The van der Waals surface area contributed by atoms with E-state index >= 15 is 0 Å². The lowest BCUT2D eigenvalue weighted by molar-refractivity contribution is -0.153. The number of ketones is 2. The van der Waals surface area contributed by atoms with E-state index in [1.807, 2.05) is 6.92 Å². The maximum Gasteiger partial charge on any atom is 0.378 e. The number of thioether (sulfide) groups is 1. The summed E-state index contributed by atoms with van der Waals surface area (Å²) < 4.78 is 4.57. The van der Waals surface area contributed by atoms with Crippen molar-refractivity contribution in [2.24, 2.45) is 16.9 Å². The Labute approximate surface area is 252 Å². The average molecular weight is 620 g/mol. The van der Waals surface area contributed by atoms with Crippen LogP contribution in [0.4, 0.5) is 9.93 Å². The first-order valence-electron chi connectivity index (χ1n) is 13.6. The quantitative estimate of drug-likeness (QED) is 0.0613. The maximum absolute atomic E-state index is 13.6. The van der Waals surface area contributed by atoms with E-state index in [9.17, 15) is 24.0 Å². The Kier molecular flexibility index (Phi) is 9.23. The lowest BCUT2D eigenvalue weighted by Gasteiger charge is -2.40. The second-order valence-electron chi connectivity index (χ2n) is 11.0. The van der Waals surface area contributed by atoms with Gasteiger partial charge in [-0.2, -0.15) is 0 Å². The first-order valence-corrected chi connectivity index (χ1v) is 15.3. The Morgan fingerprint density at radius 1 is 1.29 bits per heavy atom. The molecule has 1 aromatic rings. The minimum absolute atomic E-state index is 0.153. The van der Waals surface area contributed by atoms with Crippen molar-refractivity contribution in [3.63, 3.8) is 0 Å². The fraction of sp³-hybridized carbons (Fsp3) is 0.640. The van der Waals surface area contributed by atoms with Gasteiger partial charge >= 0.3 is 20.0 Å². The van der Waals surface area contributed by atoms with Crippen molar-refractivity contribution in [3.8, 4) is 0 Å². The fourth-order valence-electron chi connectivity index (χ4n) is 5.26. The van der Waals surface area contributed by atoms with Crippen LogP contribution in [0.1, 0.15) is 65.5 Å². The molecule has 2 radical (unpaired) electrons. The third-order valence-corrected chi connectivity index (χ3v) is 9.98. The van der Waals surface area contributed by atoms with Crippen molar-refractivity contribution < 1.29 is 33.5 Å². The number of oxime groups is 1. The molecule has 1 aromatic heterocycles. The van der Waals surface area contributed by atoms with Crippen molar-refractivity contribution >= 4 is 71.5 Å². The van der Waals surface area contributed by atoms with Crippen LogP contribution in [0.25, 0.3) is 0 Å². The minimum Gasteiger partial charge on any atom is -0.541 e. The highest BCUT2D eigenvalue weighted by Crippen LogP contribution is 2.53. The Morgan fingerprint density at radius 3 is 2.57 bits per heavy atom. The van der Waals surface area contributed by atoms with Gasteiger partial charge in [-0.25, -0.2) is 15.6 Å². The molecule has 0 saturated carbocycles. The second-order valence-corrected chi connectivity index (χ2v) is 13.3. The van der Waals surface area contributed by atoms with Crippen LogP contribution in [-0.2, 0) is 28.7 Å². The number of fused-ring (bicyclic) bond motifs is 1. The average Bonchev–Trinajstić information content (AvgIpc) is 3.60. The normalized spacial score (nSPS) is 25.9. The van der Waals surface area contributed by atoms with Crippen LogP contribution in [0, 0.1) is 5.92 Å². The van der Waals surface area contributed by atoms with E-state index in [1.165, 1.54) is 15.2 Å². The number of hydrazine groups is 1. The first-order chi connectivity index (χ1) is 19.8. The molecule has 0 aromatic carbocycles. The Hall–Kier alpha value is -3.18. The number of nitrogens with zero attached hydrogens (tertiary/aromatic N) is 5. The number of nitrogens with two attached hydrogens (primary N) is 2. The summed E-state index contributed by atoms with van der Waals surface area (Å²) >= 11 is 2.11. The van der Waals surface area contributed by atoms with Crippen LogP contribution >= 0.6 is 23.1 Å². The van der Waals surface area contributed by atoms with Gasteiger partial charge in [0.15, 0.2) is 28.0 Å². The lowest BCUT2D eigenvalue weighted by atomic mass is 9.90. The predicted octanol–water partition coefficient (Wildman–Crippen LogP) is 1.19. The summed E-state index contributed by atoms with van der Waals surface area (Å²) in [6, 6.07) is -1.08. The lowest BCUT2D eigenvalue weighted by Crippen LogP contribution is -2.61. The standard InChI is InChI=1S/C25H34BN7O7S2/c1-5-6-7-8-17(35)24(3,4)40-30-18(15-11-41-22(27)29-15)16(34)9-14-19(36)31-12-25(21(37)39-26,42-20(14)31)33-13(2)10-32(28)23(33)38/h11,13-14,20H,5-10,12,28H2,1-4H3,(H2,27,29)/b30-18-/t13-,14-,20-,25-/m1/s1.